The zero-order valence-corrected chi connectivity index (χ0v) is 25.5. The monoisotopic (exact) mass is 690 g/mol. The molecule has 0 amide bonds. The Labute approximate surface area is 269 Å². The molecule has 2 saturated heterocycles. The van der Waals surface area contributed by atoms with Crippen LogP contribution in [0.3, 0.4) is 0 Å². The fourth-order valence-corrected chi connectivity index (χ4v) is 4.44. The largest absolute Gasteiger partial charge is 0.491 e. The van der Waals surface area contributed by atoms with Crippen LogP contribution in [0, 0.1) is 11.3 Å². The number of halogens is 6. The molecule has 2 aliphatic heterocycles. The van der Waals surface area contributed by atoms with Crippen molar-refractivity contribution >= 4 is 23.4 Å². The van der Waals surface area contributed by atoms with E-state index in [4.69, 9.17) is 35.0 Å². The smallest absolute Gasteiger partial charge is 0.490 e. The van der Waals surface area contributed by atoms with E-state index in [-0.39, 0.29) is 5.54 Å². The first kappa shape index (κ1) is 37.7. The average Bonchev–Trinajstić information content (AvgIpc) is 3.44. The van der Waals surface area contributed by atoms with E-state index in [1.54, 1.807) is 23.1 Å². The van der Waals surface area contributed by atoms with Gasteiger partial charge in [0, 0.05) is 61.8 Å². The van der Waals surface area contributed by atoms with E-state index >= 15 is 0 Å². The third-order valence-corrected chi connectivity index (χ3v) is 7.11. The molecule has 2 aliphatic rings. The summed E-state index contributed by atoms with van der Waals surface area (Å²) in [7, 11) is 0. The van der Waals surface area contributed by atoms with Gasteiger partial charge in [-0.05, 0) is 25.8 Å². The number of nitrogens with zero attached hydrogens (tertiary/aromatic N) is 7. The zero-order chi connectivity index (χ0) is 35.7. The first-order valence-electron chi connectivity index (χ1n) is 14.2. The highest BCUT2D eigenvalue weighted by atomic mass is 19.4. The van der Waals surface area contributed by atoms with Crippen molar-refractivity contribution in [2.45, 2.75) is 37.7 Å². The minimum Gasteiger partial charge on any atom is -0.491 e. The number of hydrogen-bond acceptors (Lipinski definition) is 11. The Morgan fingerprint density at radius 1 is 1.02 bits per heavy atom. The lowest BCUT2D eigenvalue weighted by molar-refractivity contribution is -0.193. The number of aromatic nitrogens is 4. The molecular weight excluding hydrogens is 658 g/mol. The second-order valence-electron chi connectivity index (χ2n) is 10.9. The molecule has 0 aliphatic carbocycles. The number of alkyl halides is 6. The molecule has 3 aromatic heterocycles. The maximum absolute atomic E-state index is 10.6. The van der Waals surface area contributed by atoms with Gasteiger partial charge in [0.2, 0.25) is 5.95 Å². The number of carbonyl (C=O) groups is 2. The maximum atomic E-state index is 10.6. The number of nitrogens with two attached hydrogens (primary N) is 1. The molecule has 0 bridgehead atoms. The average molecular weight is 691 g/mol. The molecule has 262 valence electrons. The topological polar surface area (TPSA) is 192 Å². The third kappa shape index (κ3) is 10.9. The van der Waals surface area contributed by atoms with Crippen molar-refractivity contribution in [1.29, 1.82) is 5.26 Å². The molecule has 48 heavy (non-hydrogen) atoms. The van der Waals surface area contributed by atoms with E-state index in [0.717, 1.165) is 75.4 Å². The highest BCUT2D eigenvalue weighted by molar-refractivity contribution is 5.84. The van der Waals surface area contributed by atoms with E-state index in [0.29, 0.717) is 23.9 Å². The van der Waals surface area contributed by atoms with Crippen LogP contribution >= 0.6 is 0 Å². The summed E-state index contributed by atoms with van der Waals surface area (Å²) in [4.78, 5) is 31.5. The Kier molecular flexibility index (Phi) is 12.5. The summed E-state index contributed by atoms with van der Waals surface area (Å²) >= 11 is 0. The molecule has 5 rings (SSSR count). The van der Waals surface area contributed by atoms with Crippen LogP contribution in [-0.2, 0) is 14.3 Å². The molecule has 0 saturated carbocycles. The molecule has 14 nitrogen and oxygen atoms in total. The summed E-state index contributed by atoms with van der Waals surface area (Å²) in [6.45, 7) is 8.52. The minimum absolute atomic E-state index is 0.125. The molecule has 0 atom stereocenters. The number of hydrogen-bond donors (Lipinski definition) is 3. The number of rotatable bonds is 6. The molecule has 5 heterocycles. The molecule has 0 radical (unpaired) electrons. The van der Waals surface area contributed by atoms with Gasteiger partial charge < -0.3 is 30.3 Å². The summed E-state index contributed by atoms with van der Waals surface area (Å²) in [6.07, 6.45) is -1.36. The van der Waals surface area contributed by atoms with Crippen LogP contribution in [0.15, 0.2) is 30.9 Å². The van der Waals surface area contributed by atoms with E-state index in [1.165, 1.54) is 0 Å². The van der Waals surface area contributed by atoms with Gasteiger partial charge >= 0.3 is 24.3 Å². The number of aliphatic carboxylic acids is 2. The number of piperidine rings is 1. The van der Waals surface area contributed by atoms with Crippen LogP contribution in [0.5, 0.6) is 5.75 Å². The highest BCUT2D eigenvalue weighted by Crippen LogP contribution is 2.31. The van der Waals surface area contributed by atoms with E-state index in [2.05, 4.69) is 37.9 Å². The Balaban J connectivity index is 0.000000376. The normalized spacial score (nSPS) is 16.5. The summed E-state index contributed by atoms with van der Waals surface area (Å²) in [5.41, 5.74) is 8.98. The van der Waals surface area contributed by atoms with Gasteiger partial charge in [-0.25, -0.2) is 24.1 Å². The van der Waals surface area contributed by atoms with Gasteiger partial charge in [0.1, 0.15) is 18.4 Å². The number of anilines is 1. The van der Waals surface area contributed by atoms with Crippen molar-refractivity contribution in [3.8, 4) is 22.9 Å². The molecule has 0 unspecified atom stereocenters. The Bertz CT molecular complexity index is 1550. The highest BCUT2D eigenvalue weighted by Gasteiger charge is 2.39. The van der Waals surface area contributed by atoms with Crippen molar-refractivity contribution in [2.24, 2.45) is 5.73 Å². The Hall–Kier alpha value is -4.74. The second kappa shape index (κ2) is 15.9. The van der Waals surface area contributed by atoms with Crippen molar-refractivity contribution in [2.75, 3.05) is 57.4 Å². The Morgan fingerprint density at radius 3 is 2.06 bits per heavy atom. The van der Waals surface area contributed by atoms with Gasteiger partial charge in [0.15, 0.2) is 0 Å². The number of morpholine rings is 1. The van der Waals surface area contributed by atoms with Crippen LogP contribution in [0.25, 0.3) is 16.6 Å². The van der Waals surface area contributed by atoms with Crippen molar-refractivity contribution in [3.05, 3.63) is 36.4 Å². The van der Waals surface area contributed by atoms with Gasteiger partial charge in [-0.1, -0.05) is 0 Å². The number of ether oxygens (including phenoxy) is 2. The molecule has 0 spiro atoms. The second-order valence-corrected chi connectivity index (χ2v) is 10.9. The van der Waals surface area contributed by atoms with Gasteiger partial charge in [-0.3, -0.25) is 4.90 Å². The lowest BCUT2D eigenvalue weighted by atomic mass is 9.91. The predicted molar refractivity (Wildman–Crippen MR) is 155 cm³/mol. The molecule has 4 N–H and O–H groups in total. The molecular formula is C28H32F6N8O6. The minimum atomic E-state index is -5.08. The van der Waals surface area contributed by atoms with Gasteiger partial charge in [0.25, 0.3) is 0 Å². The van der Waals surface area contributed by atoms with Gasteiger partial charge in [-0.2, -0.15) is 36.7 Å². The van der Waals surface area contributed by atoms with Crippen molar-refractivity contribution in [1.82, 2.24) is 24.5 Å². The van der Waals surface area contributed by atoms with Gasteiger partial charge in [-0.15, -0.1) is 0 Å². The van der Waals surface area contributed by atoms with Crippen LogP contribution in [-0.4, -0.2) is 117 Å². The number of carboxylic acid groups (broad SMARTS) is 2. The van der Waals surface area contributed by atoms with Crippen LogP contribution in [0.2, 0.25) is 0 Å². The number of fused-ring (bicyclic) bond motifs is 1. The summed E-state index contributed by atoms with van der Waals surface area (Å²) in [5, 5.41) is 28.2. The van der Waals surface area contributed by atoms with Crippen LogP contribution in [0.4, 0.5) is 32.3 Å². The van der Waals surface area contributed by atoms with Crippen molar-refractivity contribution in [3.63, 3.8) is 0 Å². The zero-order valence-electron chi connectivity index (χ0n) is 25.5. The number of carboxylic acids is 2. The molecule has 2 fully saturated rings. The fraction of sp³-hybridized carbons (Fsp3) is 0.500. The van der Waals surface area contributed by atoms with E-state index in [1.807, 2.05) is 12.3 Å². The fourth-order valence-electron chi connectivity index (χ4n) is 4.44. The summed E-state index contributed by atoms with van der Waals surface area (Å²) in [6, 6.07) is 4.17. The SMILES string of the molecule is CC1(N)CCN(c2ncc(-c3cc(OCCN4CCOCC4)cn4ncc(C#N)c34)cn2)CC1.O=C(O)C(F)(F)F.O=C(O)C(F)(F)F. The number of pyridine rings is 1. The van der Waals surface area contributed by atoms with Gasteiger partial charge in [0.05, 0.1) is 36.7 Å². The van der Waals surface area contributed by atoms with Crippen molar-refractivity contribution < 1.29 is 55.6 Å². The van der Waals surface area contributed by atoms with E-state index < -0.39 is 24.3 Å². The molecule has 20 heteroatoms. The Morgan fingerprint density at radius 2 is 1.56 bits per heavy atom. The third-order valence-electron chi connectivity index (χ3n) is 7.11. The lowest BCUT2D eigenvalue weighted by Crippen LogP contribution is -2.48. The number of nitriles is 1. The summed E-state index contributed by atoms with van der Waals surface area (Å²) < 4.78 is 76.6. The molecule has 0 aromatic carbocycles. The van der Waals surface area contributed by atoms with Crippen LogP contribution < -0.4 is 15.4 Å². The summed E-state index contributed by atoms with van der Waals surface area (Å²) in [5.74, 6) is -4.13. The van der Waals surface area contributed by atoms with E-state index in [9.17, 15) is 31.6 Å². The predicted octanol–water partition coefficient (Wildman–Crippen LogP) is 2.96. The molecule has 3 aromatic rings. The first-order valence-corrected chi connectivity index (χ1v) is 14.2. The lowest BCUT2D eigenvalue weighted by Gasteiger charge is -2.36. The standard InChI is InChI=1S/C24H30N8O2.2C2HF3O2/c1-24(26)2-4-31(5-3-24)23-27-14-19(15-28-23)21-12-20(17-32-22(21)18(13-25)16-29-32)34-11-8-30-6-9-33-10-7-30;2*3-2(4,5)1(6)7/h12,14-17H,2-11,26H2,1H3;2*(H,6,7). The quantitative estimate of drug-likeness (QED) is 0.320. The van der Waals surface area contributed by atoms with Crippen LogP contribution in [0.1, 0.15) is 25.3 Å². The first-order chi connectivity index (χ1) is 22.4. The maximum Gasteiger partial charge on any atom is 0.490 e.